The SMILES string of the molecule is CN(C)S(=O)(=O)c1cc(C(=O)NCCC(=O)O)co1. The molecule has 0 aromatic carbocycles. The summed E-state index contributed by atoms with van der Waals surface area (Å²) in [6.07, 6.45) is 0.791. The molecule has 0 fully saturated rings. The Balaban J connectivity index is 2.75. The van der Waals surface area contributed by atoms with Crippen LogP contribution in [0.2, 0.25) is 0 Å². The molecule has 0 bridgehead atoms. The largest absolute Gasteiger partial charge is 0.481 e. The van der Waals surface area contributed by atoms with Gasteiger partial charge in [-0.3, -0.25) is 9.59 Å². The minimum Gasteiger partial charge on any atom is -0.481 e. The average molecular weight is 290 g/mol. The molecule has 0 aliphatic heterocycles. The van der Waals surface area contributed by atoms with Gasteiger partial charge in [0.2, 0.25) is 5.09 Å². The standard InChI is InChI=1S/C10H14N2O6S/c1-12(2)19(16,17)9-5-7(6-18-9)10(15)11-4-3-8(13)14/h5-6H,3-4H2,1-2H3,(H,11,15)(H,13,14). The number of amides is 1. The van der Waals surface area contributed by atoms with Crippen LogP contribution in [0.15, 0.2) is 21.8 Å². The Bertz CT molecular complexity index is 575. The van der Waals surface area contributed by atoms with E-state index in [4.69, 9.17) is 9.52 Å². The van der Waals surface area contributed by atoms with Crippen molar-refractivity contribution in [3.05, 3.63) is 17.9 Å². The highest BCUT2D eigenvalue weighted by molar-refractivity contribution is 7.88. The molecule has 0 saturated heterocycles. The lowest BCUT2D eigenvalue weighted by Gasteiger charge is -2.07. The van der Waals surface area contributed by atoms with Gasteiger partial charge in [-0.2, -0.15) is 0 Å². The summed E-state index contributed by atoms with van der Waals surface area (Å²) in [5.74, 6) is -1.63. The summed E-state index contributed by atoms with van der Waals surface area (Å²) in [5, 5.41) is 10.4. The first-order valence-corrected chi connectivity index (χ1v) is 6.70. The molecule has 9 heteroatoms. The number of sulfonamides is 1. The number of carbonyl (C=O) groups excluding carboxylic acids is 1. The molecule has 1 aromatic heterocycles. The number of carboxylic acid groups (broad SMARTS) is 1. The highest BCUT2D eigenvalue weighted by Crippen LogP contribution is 2.16. The summed E-state index contributed by atoms with van der Waals surface area (Å²) in [4.78, 5) is 21.8. The molecule has 0 unspecified atom stereocenters. The molecule has 0 spiro atoms. The smallest absolute Gasteiger partial charge is 0.305 e. The second-order valence-corrected chi connectivity index (χ2v) is 5.92. The van der Waals surface area contributed by atoms with Crippen molar-refractivity contribution in [2.45, 2.75) is 11.5 Å². The van der Waals surface area contributed by atoms with E-state index in [1.165, 1.54) is 14.1 Å². The van der Waals surface area contributed by atoms with Crippen LogP contribution in [0.1, 0.15) is 16.8 Å². The molecule has 8 nitrogen and oxygen atoms in total. The summed E-state index contributed by atoms with van der Waals surface area (Å²) in [5.41, 5.74) is 0.0193. The fourth-order valence-corrected chi connectivity index (χ4v) is 1.94. The molecule has 1 amide bonds. The van der Waals surface area contributed by atoms with Gasteiger partial charge in [0.15, 0.2) is 0 Å². The van der Waals surface area contributed by atoms with Gasteiger partial charge in [-0.25, -0.2) is 12.7 Å². The number of furan rings is 1. The number of carbonyl (C=O) groups is 2. The van der Waals surface area contributed by atoms with Crippen molar-refractivity contribution in [1.29, 1.82) is 0 Å². The van der Waals surface area contributed by atoms with E-state index in [2.05, 4.69) is 5.32 Å². The summed E-state index contributed by atoms with van der Waals surface area (Å²) in [7, 11) is -1.06. The van der Waals surface area contributed by atoms with Crippen LogP contribution in [-0.4, -0.2) is 50.3 Å². The Hall–Kier alpha value is -1.87. The van der Waals surface area contributed by atoms with Crippen LogP contribution < -0.4 is 5.32 Å². The highest BCUT2D eigenvalue weighted by atomic mass is 32.2. The lowest BCUT2D eigenvalue weighted by Crippen LogP contribution is -2.25. The topological polar surface area (TPSA) is 117 Å². The van der Waals surface area contributed by atoms with Crippen LogP contribution >= 0.6 is 0 Å². The lowest BCUT2D eigenvalue weighted by atomic mass is 10.3. The first-order chi connectivity index (χ1) is 8.75. The number of carboxylic acids is 1. The molecule has 2 N–H and O–H groups in total. The van der Waals surface area contributed by atoms with Gasteiger partial charge in [0.25, 0.3) is 15.9 Å². The monoisotopic (exact) mass is 290 g/mol. The van der Waals surface area contributed by atoms with Gasteiger partial charge in [-0.15, -0.1) is 0 Å². The normalized spacial score (nSPS) is 11.5. The summed E-state index contributed by atoms with van der Waals surface area (Å²) >= 11 is 0. The number of hydrogen-bond donors (Lipinski definition) is 2. The van der Waals surface area contributed by atoms with Gasteiger partial charge < -0.3 is 14.8 Å². The molecule has 1 rings (SSSR count). The molecule has 19 heavy (non-hydrogen) atoms. The molecular weight excluding hydrogens is 276 g/mol. The Labute approximate surface area is 110 Å². The van der Waals surface area contributed by atoms with Crippen molar-refractivity contribution in [2.24, 2.45) is 0 Å². The van der Waals surface area contributed by atoms with Crippen LogP contribution in [0.3, 0.4) is 0 Å². The zero-order chi connectivity index (χ0) is 14.6. The zero-order valence-corrected chi connectivity index (χ0v) is 11.2. The van der Waals surface area contributed by atoms with E-state index in [0.29, 0.717) is 0 Å². The molecule has 106 valence electrons. The zero-order valence-electron chi connectivity index (χ0n) is 10.4. The van der Waals surface area contributed by atoms with E-state index in [-0.39, 0.29) is 23.6 Å². The maximum atomic E-state index is 11.7. The third-order valence-corrected chi connectivity index (χ3v) is 3.88. The van der Waals surface area contributed by atoms with Crippen molar-refractivity contribution < 1.29 is 27.5 Å². The van der Waals surface area contributed by atoms with Crippen molar-refractivity contribution in [3.63, 3.8) is 0 Å². The van der Waals surface area contributed by atoms with Crippen LogP contribution in [-0.2, 0) is 14.8 Å². The average Bonchev–Trinajstić information content (AvgIpc) is 2.77. The van der Waals surface area contributed by atoms with Gasteiger partial charge in [-0.05, 0) is 0 Å². The van der Waals surface area contributed by atoms with Gasteiger partial charge in [0.05, 0.1) is 12.0 Å². The predicted molar refractivity (Wildman–Crippen MR) is 64.2 cm³/mol. The number of nitrogens with one attached hydrogen (secondary N) is 1. The van der Waals surface area contributed by atoms with Crippen LogP contribution in [0.25, 0.3) is 0 Å². The molecule has 0 radical (unpaired) electrons. The van der Waals surface area contributed by atoms with E-state index in [1.807, 2.05) is 0 Å². The molecule has 0 aliphatic carbocycles. The van der Waals surface area contributed by atoms with Gasteiger partial charge in [-0.1, -0.05) is 0 Å². The predicted octanol–water partition coefficient (Wildman–Crippen LogP) is -0.266. The molecular formula is C10H14N2O6S. The fraction of sp³-hybridized carbons (Fsp3) is 0.400. The summed E-state index contributed by atoms with van der Waals surface area (Å²) < 4.78 is 29.2. The number of hydrogen-bond acceptors (Lipinski definition) is 5. The summed E-state index contributed by atoms with van der Waals surface area (Å²) in [6.45, 7) is -0.0465. The van der Waals surface area contributed by atoms with Gasteiger partial charge in [0.1, 0.15) is 6.26 Å². The third kappa shape index (κ3) is 3.80. The maximum absolute atomic E-state index is 11.7. The number of aliphatic carboxylic acids is 1. The summed E-state index contributed by atoms with van der Waals surface area (Å²) in [6, 6.07) is 1.09. The van der Waals surface area contributed by atoms with Gasteiger partial charge >= 0.3 is 5.97 Å². The van der Waals surface area contributed by atoms with Crippen LogP contribution in [0, 0.1) is 0 Å². The molecule has 1 heterocycles. The second kappa shape index (κ2) is 5.85. The van der Waals surface area contributed by atoms with Crippen molar-refractivity contribution in [2.75, 3.05) is 20.6 Å². The number of nitrogens with zero attached hydrogens (tertiary/aromatic N) is 1. The molecule has 0 atom stereocenters. The first-order valence-electron chi connectivity index (χ1n) is 5.26. The first kappa shape index (κ1) is 15.2. The third-order valence-electron chi connectivity index (χ3n) is 2.20. The van der Waals surface area contributed by atoms with E-state index in [0.717, 1.165) is 16.6 Å². The van der Waals surface area contributed by atoms with Crippen molar-refractivity contribution >= 4 is 21.9 Å². The van der Waals surface area contributed by atoms with Crippen molar-refractivity contribution in [3.8, 4) is 0 Å². The minimum atomic E-state index is -3.73. The van der Waals surface area contributed by atoms with Crippen molar-refractivity contribution in [1.82, 2.24) is 9.62 Å². The Kier molecular flexibility index (Phi) is 4.67. The maximum Gasteiger partial charge on any atom is 0.305 e. The Morgan fingerprint density at radius 2 is 2.05 bits per heavy atom. The molecule has 1 aromatic rings. The number of rotatable bonds is 6. The van der Waals surface area contributed by atoms with Gasteiger partial charge in [0, 0.05) is 26.7 Å². The van der Waals surface area contributed by atoms with E-state index in [1.54, 1.807) is 0 Å². The minimum absolute atomic E-state index is 0.0193. The van der Waals surface area contributed by atoms with Crippen LogP contribution in [0.4, 0.5) is 0 Å². The van der Waals surface area contributed by atoms with E-state index >= 15 is 0 Å². The van der Waals surface area contributed by atoms with E-state index in [9.17, 15) is 18.0 Å². The fourth-order valence-electron chi connectivity index (χ4n) is 1.14. The lowest BCUT2D eigenvalue weighted by molar-refractivity contribution is -0.136. The van der Waals surface area contributed by atoms with Crippen LogP contribution in [0.5, 0.6) is 0 Å². The quantitative estimate of drug-likeness (QED) is 0.745. The Morgan fingerprint density at radius 3 is 2.58 bits per heavy atom. The highest BCUT2D eigenvalue weighted by Gasteiger charge is 2.23. The van der Waals surface area contributed by atoms with E-state index < -0.39 is 21.9 Å². The Morgan fingerprint density at radius 1 is 1.42 bits per heavy atom. The molecule has 0 aliphatic rings. The second-order valence-electron chi connectivity index (χ2n) is 3.84. The molecule has 0 saturated carbocycles.